The molecule has 4 rings (SSSR count). The van der Waals surface area contributed by atoms with Gasteiger partial charge < -0.3 is 4.90 Å². The molecule has 4 aliphatic carbocycles. The van der Waals surface area contributed by atoms with Crippen LogP contribution < -0.4 is 0 Å². The van der Waals surface area contributed by atoms with Crippen molar-refractivity contribution in [1.82, 2.24) is 4.90 Å². The molecular formula is C27H43NO. The summed E-state index contributed by atoms with van der Waals surface area (Å²) in [5.74, 6) is 2.25. The van der Waals surface area contributed by atoms with Gasteiger partial charge in [-0.15, -0.1) is 0 Å². The van der Waals surface area contributed by atoms with E-state index >= 15 is 0 Å². The third-order valence-corrected chi connectivity index (χ3v) is 9.51. The number of amides is 1. The summed E-state index contributed by atoms with van der Waals surface area (Å²) in [5.41, 5.74) is 3.31. The van der Waals surface area contributed by atoms with E-state index in [9.17, 15) is 4.79 Å². The molecule has 0 aromatic carbocycles. The average molecular weight is 398 g/mol. The number of allylic oxidation sites excluding steroid dienone is 4. The summed E-state index contributed by atoms with van der Waals surface area (Å²) in [5, 5.41) is 0. The highest BCUT2D eigenvalue weighted by Crippen LogP contribution is 2.62. The minimum atomic E-state index is -0.191. The summed E-state index contributed by atoms with van der Waals surface area (Å²) in [6.45, 7) is 9.53. The molecule has 0 radical (unpaired) electrons. The molecule has 0 spiro atoms. The normalized spacial score (nSPS) is 38.0. The molecule has 0 bridgehead atoms. The van der Waals surface area contributed by atoms with E-state index in [1.165, 1.54) is 57.8 Å². The van der Waals surface area contributed by atoms with Crippen molar-refractivity contribution in [2.24, 2.45) is 28.6 Å². The summed E-state index contributed by atoms with van der Waals surface area (Å²) in [4.78, 5) is 16.1. The van der Waals surface area contributed by atoms with Gasteiger partial charge in [0.25, 0.3) is 0 Å². The smallest absolute Gasteiger partial charge is 0.228 e. The minimum absolute atomic E-state index is 0.191. The van der Waals surface area contributed by atoms with Gasteiger partial charge >= 0.3 is 0 Å². The van der Waals surface area contributed by atoms with Gasteiger partial charge in [-0.25, -0.2) is 0 Å². The molecule has 162 valence electrons. The molecule has 0 aromatic rings. The van der Waals surface area contributed by atoms with E-state index < -0.39 is 0 Å². The lowest BCUT2D eigenvalue weighted by atomic mass is 9.46. The van der Waals surface area contributed by atoms with Crippen LogP contribution in [-0.2, 0) is 4.79 Å². The quantitative estimate of drug-likeness (QED) is 0.506. The summed E-state index contributed by atoms with van der Waals surface area (Å²) < 4.78 is 0. The summed E-state index contributed by atoms with van der Waals surface area (Å²) in [7, 11) is 2.11. The SMILES string of the molecule is CC(C)C1=CC2=CCC3[C@](C)(C(=O)N(C)C4CCCCC4)CCC[C@]3(C)[C@H]2CC1. The number of nitrogens with zero attached hydrogens (tertiary/aromatic N) is 1. The lowest BCUT2D eigenvalue weighted by Gasteiger charge is -2.58. The zero-order valence-electron chi connectivity index (χ0n) is 19.6. The molecule has 0 saturated heterocycles. The maximum Gasteiger partial charge on any atom is 0.228 e. The largest absolute Gasteiger partial charge is 0.342 e. The molecule has 0 N–H and O–H groups in total. The zero-order valence-corrected chi connectivity index (χ0v) is 19.6. The second kappa shape index (κ2) is 7.89. The molecule has 0 aliphatic heterocycles. The second-order valence-electron chi connectivity index (χ2n) is 11.4. The Hall–Kier alpha value is -1.05. The fourth-order valence-corrected chi connectivity index (χ4v) is 7.64. The van der Waals surface area contributed by atoms with E-state index in [1.807, 2.05) is 0 Å². The highest BCUT2D eigenvalue weighted by molar-refractivity contribution is 5.83. The van der Waals surface area contributed by atoms with Gasteiger partial charge in [0.2, 0.25) is 5.91 Å². The van der Waals surface area contributed by atoms with Crippen LogP contribution in [0.15, 0.2) is 23.3 Å². The maximum absolute atomic E-state index is 13.9. The first-order valence-corrected chi connectivity index (χ1v) is 12.4. The summed E-state index contributed by atoms with van der Waals surface area (Å²) >= 11 is 0. The monoisotopic (exact) mass is 397 g/mol. The molecule has 29 heavy (non-hydrogen) atoms. The fraction of sp³-hybridized carbons (Fsp3) is 0.815. The second-order valence-corrected chi connectivity index (χ2v) is 11.4. The van der Waals surface area contributed by atoms with Crippen molar-refractivity contribution < 1.29 is 4.79 Å². The highest BCUT2D eigenvalue weighted by Gasteiger charge is 2.57. The molecule has 2 saturated carbocycles. The molecule has 0 aromatic heterocycles. The Morgan fingerprint density at radius 2 is 1.79 bits per heavy atom. The number of fused-ring (bicyclic) bond motifs is 3. The van der Waals surface area contributed by atoms with Crippen LogP contribution in [0, 0.1) is 28.6 Å². The van der Waals surface area contributed by atoms with Crippen LogP contribution in [-0.4, -0.2) is 23.9 Å². The highest BCUT2D eigenvalue weighted by atomic mass is 16.2. The van der Waals surface area contributed by atoms with Crippen LogP contribution in [0.2, 0.25) is 0 Å². The molecule has 2 heteroatoms. The Balaban J connectivity index is 1.62. The lowest BCUT2D eigenvalue weighted by Crippen LogP contribution is -2.57. The Morgan fingerprint density at radius 1 is 1.07 bits per heavy atom. The van der Waals surface area contributed by atoms with Gasteiger partial charge in [-0.05, 0) is 73.7 Å². The number of carbonyl (C=O) groups excluding carboxylic acids is 1. The van der Waals surface area contributed by atoms with E-state index in [0.29, 0.717) is 29.7 Å². The fourth-order valence-electron chi connectivity index (χ4n) is 7.64. The van der Waals surface area contributed by atoms with Gasteiger partial charge in [-0.3, -0.25) is 4.79 Å². The van der Waals surface area contributed by atoms with Crippen LogP contribution >= 0.6 is 0 Å². The van der Waals surface area contributed by atoms with Gasteiger partial charge in [-0.1, -0.05) is 71.1 Å². The molecule has 1 amide bonds. The number of hydrogen-bond acceptors (Lipinski definition) is 1. The average Bonchev–Trinajstić information content (AvgIpc) is 2.72. The molecule has 0 heterocycles. The van der Waals surface area contributed by atoms with E-state index in [2.05, 4.69) is 51.8 Å². The van der Waals surface area contributed by atoms with E-state index in [1.54, 1.807) is 11.1 Å². The molecule has 2 nitrogen and oxygen atoms in total. The summed E-state index contributed by atoms with van der Waals surface area (Å²) in [6.07, 6.45) is 18.6. The third kappa shape index (κ3) is 3.53. The minimum Gasteiger partial charge on any atom is -0.342 e. The number of carbonyl (C=O) groups is 1. The summed E-state index contributed by atoms with van der Waals surface area (Å²) in [6, 6.07) is 0.474. The molecule has 1 unspecified atom stereocenters. The molecule has 4 aliphatic rings. The Labute approximate surface area is 179 Å². The Morgan fingerprint density at radius 3 is 2.48 bits per heavy atom. The lowest BCUT2D eigenvalue weighted by molar-refractivity contribution is -0.157. The molecular weight excluding hydrogens is 354 g/mol. The maximum atomic E-state index is 13.9. The molecule has 2 fully saturated rings. The van der Waals surface area contributed by atoms with Crippen LogP contribution in [0.5, 0.6) is 0 Å². The zero-order chi connectivity index (χ0) is 20.8. The van der Waals surface area contributed by atoms with Crippen molar-refractivity contribution in [1.29, 1.82) is 0 Å². The standard InChI is InChI=1S/C27H43NO/c1-19(2)20-12-14-23-21(18-20)13-15-24-26(23,3)16-9-17-27(24,4)25(29)28(5)22-10-7-6-8-11-22/h13,18-19,22-24H,6-12,14-17H2,1-5H3/t23-,24?,26+,27+/m0/s1. The van der Waals surface area contributed by atoms with Gasteiger partial charge in [0.05, 0.1) is 5.41 Å². The first-order valence-electron chi connectivity index (χ1n) is 12.4. The van der Waals surface area contributed by atoms with Crippen molar-refractivity contribution in [3.05, 3.63) is 23.3 Å². The van der Waals surface area contributed by atoms with Crippen molar-refractivity contribution >= 4 is 5.91 Å². The first kappa shape index (κ1) is 21.2. The van der Waals surface area contributed by atoms with Gasteiger partial charge in [0.15, 0.2) is 0 Å². The van der Waals surface area contributed by atoms with Crippen molar-refractivity contribution in [3.8, 4) is 0 Å². The predicted octanol–water partition coefficient (Wildman–Crippen LogP) is 6.91. The van der Waals surface area contributed by atoms with Gasteiger partial charge in [0, 0.05) is 13.1 Å². The number of hydrogen-bond donors (Lipinski definition) is 0. The van der Waals surface area contributed by atoms with Gasteiger partial charge in [-0.2, -0.15) is 0 Å². The Kier molecular flexibility index (Phi) is 5.77. The van der Waals surface area contributed by atoms with Gasteiger partial charge in [0.1, 0.15) is 0 Å². The predicted molar refractivity (Wildman–Crippen MR) is 122 cm³/mol. The van der Waals surface area contributed by atoms with Crippen LogP contribution in [0.4, 0.5) is 0 Å². The van der Waals surface area contributed by atoms with Crippen molar-refractivity contribution in [2.75, 3.05) is 7.05 Å². The topological polar surface area (TPSA) is 20.3 Å². The molecule has 4 atom stereocenters. The van der Waals surface area contributed by atoms with E-state index in [4.69, 9.17) is 0 Å². The van der Waals surface area contributed by atoms with E-state index in [-0.39, 0.29) is 10.8 Å². The van der Waals surface area contributed by atoms with Crippen LogP contribution in [0.25, 0.3) is 0 Å². The first-order chi connectivity index (χ1) is 13.8. The number of rotatable bonds is 3. The van der Waals surface area contributed by atoms with Crippen molar-refractivity contribution in [2.45, 2.75) is 104 Å². The van der Waals surface area contributed by atoms with E-state index in [0.717, 1.165) is 12.8 Å². The Bertz CT molecular complexity index is 697. The third-order valence-electron chi connectivity index (χ3n) is 9.51. The van der Waals surface area contributed by atoms with Crippen molar-refractivity contribution in [3.63, 3.8) is 0 Å². The van der Waals surface area contributed by atoms with Crippen LogP contribution in [0.1, 0.15) is 98.3 Å². The van der Waals surface area contributed by atoms with Crippen LogP contribution in [0.3, 0.4) is 0 Å².